The van der Waals surface area contributed by atoms with Crippen LogP contribution < -0.4 is 16.0 Å². The van der Waals surface area contributed by atoms with Gasteiger partial charge in [-0.15, -0.1) is 0 Å². The first kappa shape index (κ1) is 14.7. The van der Waals surface area contributed by atoms with Crippen molar-refractivity contribution >= 4 is 11.6 Å². The number of rotatable bonds is 6. The van der Waals surface area contributed by atoms with E-state index in [4.69, 9.17) is 5.73 Å². The number of nitrogens with two attached hydrogens (primary N) is 1. The number of fused-ring (bicyclic) bond motifs is 1. The molecule has 1 heterocycles. The standard InChI is InChI=1S/C16H26N4/c1-3-4-10-18-16(17)19-12-13(2)20-11-9-14-7-5-6-8-15(14)20/h5-8,13H,3-4,9-12H2,1-2H3,(H3,17,18,19). The molecule has 1 aromatic carbocycles. The third kappa shape index (κ3) is 3.65. The molecule has 1 aliphatic heterocycles. The van der Waals surface area contributed by atoms with Gasteiger partial charge in [0, 0.05) is 24.8 Å². The Kier molecular flexibility index (Phi) is 5.27. The van der Waals surface area contributed by atoms with E-state index in [9.17, 15) is 0 Å². The number of unbranched alkanes of at least 4 members (excludes halogenated alkanes) is 1. The SMILES string of the molecule is CCCCNC(N)=NCC(C)N1CCc2ccccc21. The molecule has 0 saturated heterocycles. The van der Waals surface area contributed by atoms with Crippen molar-refractivity contribution in [2.45, 2.75) is 39.2 Å². The number of anilines is 1. The summed E-state index contributed by atoms with van der Waals surface area (Å²) in [6, 6.07) is 9.01. The Morgan fingerprint density at radius 2 is 2.25 bits per heavy atom. The summed E-state index contributed by atoms with van der Waals surface area (Å²) in [7, 11) is 0. The monoisotopic (exact) mass is 274 g/mol. The highest BCUT2D eigenvalue weighted by molar-refractivity contribution is 5.77. The first-order chi connectivity index (χ1) is 9.72. The molecule has 2 rings (SSSR count). The van der Waals surface area contributed by atoms with Crippen molar-refractivity contribution in [3.05, 3.63) is 29.8 Å². The van der Waals surface area contributed by atoms with Gasteiger partial charge in [0.15, 0.2) is 5.96 Å². The van der Waals surface area contributed by atoms with Gasteiger partial charge in [-0.05, 0) is 31.4 Å². The molecular formula is C16H26N4. The Labute approximate surface area is 122 Å². The van der Waals surface area contributed by atoms with Crippen LogP contribution in [0.1, 0.15) is 32.3 Å². The van der Waals surface area contributed by atoms with Crippen molar-refractivity contribution in [1.82, 2.24) is 5.32 Å². The minimum atomic E-state index is 0.380. The molecule has 0 spiro atoms. The van der Waals surface area contributed by atoms with Gasteiger partial charge in [0.25, 0.3) is 0 Å². The summed E-state index contributed by atoms with van der Waals surface area (Å²) in [6.45, 7) is 7.11. The van der Waals surface area contributed by atoms with E-state index in [1.807, 2.05) is 0 Å². The number of benzene rings is 1. The van der Waals surface area contributed by atoms with E-state index < -0.39 is 0 Å². The Morgan fingerprint density at radius 1 is 1.45 bits per heavy atom. The largest absolute Gasteiger partial charge is 0.370 e. The molecular weight excluding hydrogens is 248 g/mol. The van der Waals surface area contributed by atoms with E-state index in [-0.39, 0.29) is 0 Å². The molecule has 1 aliphatic rings. The molecule has 4 nitrogen and oxygen atoms in total. The lowest BCUT2D eigenvalue weighted by molar-refractivity contribution is 0.659. The van der Waals surface area contributed by atoms with Gasteiger partial charge in [0.05, 0.1) is 6.54 Å². The number of aliphatic imine (C=N–C) groups is 1. The number of hydrogen-bond acceptors (Lipinski definition) is 2. The van der Waals surface area contributed by atoms with Crippen LogP contribution in [0.3, 0.4) is 0 Å². The van der Waals surface area contributed by atoms with E-state index in [2.05, 4.69) is 53.3 Å². The van der Waals surface area contributed by atoms with E-state index in [1.54, 1.807) is 0 Å². The quantitative estimate of drug-likeness (QED) is 0.475. The summed E-state index contributed by atoms with van der Waals surface area (Å²) in [5, 5.41) is 3.16. The van der Waals surface area contributed by atoms with Crippen LogP contribution in [0.15, 0.2) is 29.3 Å². The van der Waals surface area contributed by atoms with Gasteiger partial charge in [-0.2, -0.15) is 0 Å². The first-order valence-corrected chi connectivity index (χ1v) is 7.60. The van der Waals surface area contributed by atoms with E-state index in [0.29, 0.717) is 12.0 Å². The Balaban J connectivity index is 1.87. The third-order valence-electron chi connectivity index (χ3n) is 3.82. The van der Waals surface area contributed by atoms with E-state index in [1.165, 1.54) is 17.7 Å². The van der Waals surface area contributed by atoms with Crippen molar-refractivity contribution < 1.29 is 0 Å². The highest BCUT2D eigenvalue weighted by atomic mass is 15.2. The maximum Gasteiger partial charge on any atom is 0.188 e. The van der Waals surface area contributed by atoms with Gasteiger partial charge in [-0.1, -0.05) is 31.5 Å². The molecule has 110 valence electrons. The highest BCUT2D eigenvalue weighted by Gasteiger charge is 2.22. The van der Waals surface area contributed by atoms with Gasteiger partial charge in [-0.25, -0.2) is 0 Å². The van der Waals surface area contributed by atoms with Crippen LogP contribution >= 0.6 is 0 Å². The van der Waals surface area contributed by atoms with Crippen molar-refractivity contribution in [1.29, 1.82) is 0 Å². The normalized spacial score (nSPS) is 16.1. The summed E-state index contributed by atoms with van der Waals surface area (Å²) in [6.07, 6.45) is 3.43. The smallest absolute Gasteiger partial charge is 0.188 e. The molecule has 1 atom stereocenters. The predicted octanol–water partition coefficient (Wildman–Crippen LogP) is 2.14. The topological polar surface area (TPSA) is 53.6 Å². The number of nitrogens with one attached hydrogen (secondary N) is 1. The number of para-hydroxylation sites is 1. The van der Waals surface area contributed by atoms with Crippen LogP contribution in [-0.4, -0.2) is 31.6 Å². The second kappa shape index (κ2) is 7.17. The zero-order chi connectivity index (χ0) is 14.4. The Hall–Kier alpha value is -1.71. The van der Waals surface area contributed by atoms with Crippen molar-refractivity contribution in [3.63, 3.8) is 0 Å². The van der Waals surface area contributed by atoms with Gasteiger partial charge in [0.2, 0.25) is 0 Å². The number of guanidine groups is 1. The van der Waals surface area contributed by atoms with Crippen LogP contribution in [0, 0.1) is 0 Å². The molecule has 0 bridgehead atoms. The second-order valence-corrected chi connectivity index (χ2v) is 5.43. The average molecular weight is 274 g/mol. The highest BCUT2D eigenvalue weighted by Crippen LogP contribution is 2.29. The third-order valence-corrected chi connectivity index (χ3v) is 3.82. The second-order valence-electron chi connectivity index (χ2n) is 5.43. The minimum absolute atomic E-state index is 0.380. The summed E-state index contributed by atoms with van der Waals surface area (Å²) < 4.78 is 0. The molecule has 0 aromatic heterocycles. The summed E-state index contributed by atoms with van der Waals surface area (Å²) >= 11 is 0. The summed E-state index contributed by atoms with van der Waals surface area (Å²) in [5.74, 6) is 0.567. The van der Waals surface area contributed by atoms with E-state index >= 15 is 0 Å². The maximum atomic E-state index is 5.88. The van der Waals surface area contributed by atoms with Crippen LogP contribution in [0.5, 0.6) is 0 Å². The minimum Gasteiger partial charge on any atom is -0.370 e. The average Bonchev–Trinajstić information content (AvgIpc) is 2.89. The summed E-state index contributed by atoms with van der Waals surface area (Å²) in [4.78, 5) is 6.88. The fourth-order valence-electron chi connectivity index (χ4n) is 2.60. The van der Waals surface area contributed by atoms with E-state index in [0.717, 1.165) is 32.5 Å². The lowest BCUT2D eigenvalue weighted by Gasteiger charge is -2.26. The van der Waals surface area contributed by atoms with Gasteiger partial charge < -0.3 is 16.0 Å². The van der Waals surface area contributed by atoms with Gasteiger partial charge >= 0.3 is 0 Å². The van der Waals surface area contributed by atoms with Crippen LogP contribution in [0.25, 0.3) is 0 Å². The zero-order valence-electron chi connectivity index (χ0n) is 12.6. The molecule has 0 fully saturated rings. The van der Waals surface area contributed by atoms with Crippen molar-refractivity contribution in [3.8, 4) is 0 Å². The zero-order valence-corrected chi connectivity index (χ0v) is 12.6. The molecule has 1 aromatic rings. The maximum absolute atomic E-state index is 5.88. The van der Waals surface area contributed by atoms with Crippen LogP contribution in [0.2, 0.25) is 0 Å². The number of hydrogen-bond donors (Lipinski definition) is 2. The first-order valence-electron chi connectivity index (χ1n) is 7.60. The number of nitrogens with zero attached hydrogens (tertiary/aromatic N) is 2. The molecule has 0 saturated carbocycles. The van der Waals surface area contributed by atoms with Crippen molar-refractivity contribution in [2.24, 2.45) is 10.7 Å². The molecule has 20 heavy (non-hydrogen) atoms. The molecule has 1 unspecified atom stereocenters. The lowest BCUT2D eigenvalue weighted by atomic mass is 10.2. The Bertz CT molecular complexity index is 456. The van der Waals surface area contributed by atoms with Crippen LogP contribution in [-0.2, 0) is 6.42 Å². The molecule has 3 N–H and O–H groups in total. The fourth-order valence-corrected chi connectivity index (χ4v) is 2.60. The van der Waals surface area contributed by atoms with Gasteiger partial charge in [-0.3, -0.25) is 4.99 Å². The fraction of sp³-hybridized carbons (Fsp3) is 0.562. The molecule has 4 heteroatoms. The predicted molar refractivity (Wildman–Crippen MR) is 86.4 cm³/mol. The van der Waals surface area contributed by atoms with Crippen LogP contribution in [0.4, 0.5) is 5.69 Å². The molecule has 0 aliphatic carbocycles. The molecule has 0 amide bonds. The Morgan fingerprint density at radius 3 is 3.05 bits per heavy atom. The lowest BCUT2D eigenvalue weighted by Crippen LogP contribution is -2.37. The summed E-state index contributed by atoms with van der Waals surface area (Å²) in [5.41, 5.74) is 8.67. The van der Waals surface area contributed by atoms with Gasteiger partial charge in [0.1, 0.15) is 0 Å². The molecule has 0 radical (unpaired) electrons. The van der Waals surface area contributed by atoms with Crippen molar-refractivity contribution in [2.75, 3.05) is 24.5 Å².